The van der Waals surface area contributed by atoms with Gasteiger partial charge in [-0.05, 0) is 12.1 Å². The number of fused-ring (bicyclic) bond motifs is 5. The van der Waals surface area contributed by atoms with E-state index in [1.165, 1.54) is 0 Å². The molecule has 1 fully saturated rings. The van der Waals surface area contributed by atoms with Crippen molar-refractivity contribution in [2.45, 2.75) is 6.54 Å². The van der Waals surface area contributed by atoms with Crippen LogP contribution >= 0.6 is 0 Å². The number of carbonyl (C=O) groups excluding carboxylic acids is 1. The highest BCUT2D eigenvalue weighted by Gasteiger charge is 2.30. The molecular formula is C23H22BN7O3. The number of aromatic nitrogens is 5. The molecule has 0 saturated carbocycles. The number of benzene rings is 1. The highest BCUT2D eigenvalue weighted by atomic mass is 16.5. The van der Waals surface area contributed by atoms with Crippen LogP contribution in [-0.2, 0) is 18.3 Å². The summed E-state index contributed by atoms with van der Waals surface area (Å²) in [6.45, 7) is 2.76. The maximum absolute atomic E-state index is 13.7. The highest BCUT2D eigenvalue weighted by molar-refractivity contribution is 6.71. The average molecular weight is 455 g/mol. The number of hydrogen-bond donors (Lipinski definition) is 1. The lowest BCUT2D eigenvalue weighted by Gasteiger charge is -2.27. The number of aryl methyl sites for hydroxylation is 1. The Hall–Kier alpha value is -3.99. The van der Waals surface area contributed by atoms with Gasteiger partial charge in [-0.25, -0.2) is 4.98 Å². The van der Waals surface area contributed by atoms with E-state index in [0.717, 1.165) is 11.2 Å². The quantitative estimate of drug-likeness (QED) is 0.346. The first-order chi connectivity index (χ1) is 16.6. The normalized spacial score (nSPS) is 14.6. The van der Waals surface area contributed by atoms with E-state index in [0.29, 0.717) is 61.9 Å². The molecule has 1 N–H and O–H groups in total. The molecule has 2 aliphatic heterocycles. The van der Waals surface area contributed by atoms with Gasteiger partial charge in [0.25, 0.3) is 5.91 Å². The van der Waals surface area contributed by atoms with Crippen molar-refractivity contribution in [2.24, 2.45) is 7.05 Å². The summed E-state index contributed by atoms with van der Waals surface area (Å²) in [6, 6.07) is 9.62. The molecule has 34 heavy (non-hydrogen) atoms. The largest absolute Gasteiger partial charge is 0.378 e. The third-order valence-corrected chi connectivity index (χ3v) is 6.48. The molecule has 3 aromatic heterocycles. The number of hydrogen-bond acceptors (Lipinski definition) is 7. The topological polar surface area (TPSA) is 107 Å². The van der Waals surface area contributed by atoms with Crippen molar-refractivity contribution in [1.82, 2.24) is 29.6 Å². The van der Waals surface area contributed by atoms with Crippen LogP contribution in [0.5, 0.6) is 0 Å². The second kappa shape index (κ2) is 8.10. The number of nitrogens with zero attached hydrogens (tertiary/aromatic N) is 6. The molecule has 0 radical (unpaired) electrons. The Bertz CT molecular complexity index is 1490. The van der Waals surface area contributed by atoms with Crippen LogP contribution in [0.1, 0.15) is 16.2 Å². The second-order valence-corrected chi connectivity index (χ2v) is 8.47. The zero-order chi connectivity index (χ0) is 23.2. The summed E-state index contributed by atoms with van der Waals surface area (Å²) in [5, 5.41) is 12.2. The molecule has 10 nitrogen and oxygen atoms in total. The van der Waals surface area contributed by atoms with E-state index in [-0.39, 0.29) is 17.5 Å². The molecule has 1 saturated heterocycles. The first kappa shape index (κ1) is 20.6. The zero-order valence-corrected chi connectivity index (χ0v) is 18.7. The number of ether oxygens (including phenoxy) is 1. The molecule has 1 aromatic carbocycles. The lowest BCUT2D eigenvalue weighted by molar-refractivity contribution is 0.0949. The molecule has 170 valence electrons. The summed E-state index contributed by atoms with van der Waals surface area (Å²) in [7, 11) is 2.33. The smallest absolute Gasteiger partial charge is 0.256 e. The van der Waals surface area contributed by atoms with E-state index in [1.807, 2.05) is 51.5 Å². The number of anilines is 1. The van der Waals surface area contributed by atoms with Gasteiger partial charge in [0.2, 0.25) is 12.7 Å². The fourth-order valence-corrected chi connectivity index (χ4v) is 4.69. The van der Waals surface area contributed by atoms with Crippen LogP contribution in [-0.4, -0.2) is 63.8 Å². The van der Waals surface area contributed by atoms with Crippen LogP contribution in [0.4, 0.5) is 5.82 Å². The van der Waals surface area contributed by atoms with Gasteiger partial charge in [-0.1, -0.05) is 23.7 Å². The third kappa shape index (κ3) is 3.27. The predicted molar refractivity (Wildman–Crippen MR) is 129 cm³/mol. The van der Waals surface area contributed by atoms with Gasteiger partial charge in [0.05, 0.1) is 30.7 Å². The number of rotatable bonds is 4. The van der Waals surface area contributed by atoms with E-state index in [9.17, 15) is 9.59 Å². The van der Waals surface area contributed by atoms with Gasteiger partial charge >= 0.3 is 0 Å². The predicted octanol–water partition coefficient (Wildman–Crippen LogP) is -1.02. The van der Waals surface area contributed by atoms with E-state index in [1.54, 1.807) is 12.3 Å². The molecule has 0 aliphatic carbocycles. The molecule has 11 heteroatoms. The lowest BCUT2D eigenvalue weighted by Crippen LogP contribution is -2.41. The number of imidazole rings is 1. The van der Waals surface area contributed by atoms with E-state index >= 15 is 0 Å². The monoisotopic (exact) mass is 455 g/mol. The van der Waals surface area contributed by atoms with Crippen LogP contribution in [0.2, 0.25) is 0 Å². The molecule has 2 aliphatic rings. The van der Waals surface area contributed by atoms with Gasteiger partial charge in [-0.2, -0.15) is 0 Å². The maximum Gasteiger partial charge on any atom is 0.256 e. The Morgan fingerprint density at radius 1 is 1.21 bits per heavy atom. The van der Waals surface area contributed by atoms with Crippen molar-refractivity contribution >= 4 is 41.1 Å². The minimum absolute atomic E-state index is 0.138. The third-order valence-electron chi connectivity index (χ3n) is 6.48. The molecule has 0 bridgehead atoms. The molecular weight excluding hydrogens is 433 g/mol. The maximum atomic E-state index is 13.7. The number of morpholine rings is 1. The lowest BCUT2D eigenvalue weighted by atomic mass is 9.67. The van der Waals surface area contributed by atoms with Crippen molar-refractivity contribution in [1.29, 1.82) is 0 Å². The number of pyridine rings is 1. The first-order valence-electron chi connectivity index (χ1n) is 11.2. The molecule has 0 atom stereocenters. The van der Waals surface area contributed by atoms with Crippen LogP contribution in [0.3, 0.4) is 0 Å². The molecule has 4 aromatic rings. The molecule has 1 amide bonds. The van der Waals surface area contributed by atoms with Gasteiger partial charge in [-0.15, -0.1) is 10.2 Å². The Morgan fingerprint density at radius 3 is 2.82 bits per heavy atom. The number of carbonyl (C=O) groups is 1. The fourth-order valence-electron chi connectivity index (χ4n) is 4.69. The fraction of sp³-hybridized carbons (Fsp3) is 0.261. The van der Waals surface area contributed by atoms with Gasteiger partial charge < -0.3 is 24.1 Å². The summed E-state index contributed by atoms with van der Waals surface area (Å²) in [4.78, 5) is 33.4. The van der Waals surface area contributed by atoms with Crippen molar-refractivity contribution in [3.05, 3.63) is 64.3 Å². The summed E-state index contributed by atoms with van der Waals surface area (Å²) in [6.07, 6.45) is 3.49. The minimum Gasteiger partial charge on any atom is -0.378 e. The van der Waals surface area contributed by atoms with E-state index in [2.05, 4.69) is 20.5 Å². The number of nitrogens with one attached hydrogen (secondary N) is 1. The molecule has 0 unspecified atom stereocenters. The van der Waals surface area contributed by atoms with Crippen LogP contribution in [0.15, 0.2) is 47.5 Å². The van der Waals surface area contributed by atoms with Gasteiger partial charge in [0.15, 0.2) is 11.5 Å². The summed E-state index contributed by atoms with van der Waals surface area (Å²) in [5.41, 5.74) is 2.84. The molecule has 6 rings (SSSR count). The highest BCUT2D eigenvalue weighted by Crippen LogP contribution is 2.20. The van der Waals surface area contributed by atoms with Crippen LogP contribution < -0.4 is 26.7 Å². The molecule has 0 spiro atoms. The van der Waals surface area contributed by atoms with Crippen molar-refractivity contribution in [3.63, 3.8) is 0 Å². The standard InChI is InChI=1S/C23H22BN7O3/c1-29-7-6-25-18(29)13-26-23(33)19-20(32)14-12-17(30-8-10-34-11-9-30)27-28-22(14)31-16-5-3-2-4-15(16)24-21(19)31/h2-7,12,24H,8-11,13H2,1H3,(H,26,33). The van der Waals surface area contributed by atoms with Crippen molar-refractivity contribution in [3.8, 4) is 5.69 Å². The Kier molecular flexibility index (Phi) is 4.91. The Balaban J connectivity index is 1.50. The number of amides is 1. The van der Waals surface area contributed by atoms with E-state index < -0.39 is 5.91 Å². The number of para-hydroxylation sites is 1. The van der Waals surface area contributed by atoms with Crippen LogP contribution in [0, 0.1) is 0 Å². The first-order valence-corrected chi connectivity index (χ1v) is 11.2. The van der Waals surface area contributed by atoms with Crippen molar-refractivity contribution < 1.29 is 9.53 Å². The molecule has 5 heterocycles. The van der Waals surface area contributed by atoms with Crippen molar-refractivity contribution in [2.75, 3.05) is 31.2 Å². The SMILES string of the molecule is Cn1ccnc1CNC(=O)c1c2n(c3nnc(N4CCOCC4)cc3c1=O)-c1ccccc1B2. The Morgan fingerprint density at radius 2 is 2.03 bits per heavy atom. The van der Waals surface area contributed by atoms with Gasteiger partial charge in [0, 0.05) is 43.8 Å². The summed E-state index contributed by atoms with van der Waals surface area (Å²) >= 11 is 0. The summed E-state index contributed by atoms with van der Waals surface area (Å²) in [5.74, 6) is 0.893. The minimum atomic E-state index is -0.420. The second-order valence-electron chi connectivity index (χ2n) is 8.47. The van der Waals surface area contributed by atoms with Gasteiger partial charge in [-0.3, -0.25) is 9.59 Å². The summed E-state index contributed by atoms with van der Waals surface area (Å²) < 4.78 is 9.16. The van der Waals surface area contributed by atoms with Crippen LogP contribution in [0.25, 0.3) is 16.7 Å². The zero-order valence-electron chi connectivity index (χ0n) is 18.7. The van der Waals surface area contributed by atoms with E-state index in [4.69, 9.17) is 4.74 Å². The van der Waals surface area contributed by atoms with Gasteiger partial charge in [0.1, 0.15) is 5.82 Å². The average Bonchev–Trinajstić information content (AvgIpc) is 3.46. The Labute approximate surface area is 195 Å².